The van der Waals surface area contributed by atoms with Crippen LogP contribution in [0.25, 0.3) is 12.2 Å². The number of hydrogen-bond acceptors (Lipinski definition) is 1. The van der Waals surface area contributed by atoms with Crippen LogP contribution in [0.2, 0.25) is 0 Å². The van der Waals surface area contributed by atoms with E-state index in [1.165, 1.54) is 49.9 Å². The van der Waals surface area contributed by atoms with Gasteiger partial charge in [-0.2, -0.15) is 0 Å². The van der Waals surface area contributed by atoms with Gasteiger partial charge in [-0.15, -0.1) is 0 Å². The van der Waals surface area contributed by atoms with Gasteiger partial charge in [0.1, 0.15) is 0 Å². The first-order chi connectivity index (χ1) is 11.2. The Morgan fingerprint density at radius 2 is 1.35 bits per heavy atom. The van der Waals surface area contributed by atoms with Crippen molar-refractivity contribution in [3.8, 4) is 0 Å². The Bertz CT molecular complexity index is 724. The van der Waals surface area contributed by atoms with Crippen molar-refractivity contribution in [3.63, 3.8) is 0 Å². The fraction of sp³-hybridized carbons (Fsp3) is 0.381. The molecule has 4 rings (SSSR count). The van der Waals surface area contributed by atoms with Gasteiger partial charge in [-0.3, -0.25) is 0 Å². The van der Waals surface area contributed by atoms with Crippen LogP contribution >= 0.6 is 0 Å². The van der Waals surface area contributed by atoms with E-state index in [0.29, 0.717) is 0 Å². The Morgan fingerprint density at radius 3 is 1.91 bits per heavy atom. The summed E-state index contributed by atoms with van der Waals surface area (Å²) in [5.74, 6) is 1.92. The van der Waals surface area contributed by atoms with Crippen LogP contribution in [-0.2, 0) is 12.8 Å². The molecule has 3 heterocycles. The van der Waals surface area contributed by atoms with Crippen molar-refractivity contribution in [2.75, 3.05) is 18.0 Å². The van der Waals surface area contributed by atoms with Crippen molar-refractivity contribution in [1.82, 2.24) is 0 Å². The average molecular weight is 306 g/mol. The van der Waals surface area contributed by atoms with Crippen LogP contribution < -0.4 is 4.90 Å². The van der Waals surface area contributed by atoms with Crippen molar-refractivity contribution < 1.29 is 4.42 Å². The normalized spacial score (nSPS) is 16.7. The first-order valence-electron chi connectivity index (χ1n) is 8.69. The van der Waals surface area contributed by atoms with E-state index in [1.54, 1.807) is 16.8 Å². The highest BCUT2D eigenvalue weighted by atomic mass is 16.3. The predicted octanol–water partition coefficient (Wildman–Crippen LogP) is 5.05. The summed E-state index contributed by atoms with van der Waals surface area (Å²) in [6.45, 7) is 6.48. The summed E-state index contributed by atoms with van der Waals surface area (Å²) in [4.78, 5) is 2.59. The van der Waals surface area contributed by atoms with Crippen molar-refractivity contribution in [1.29, 1.82) is 0 Å². The zero-order valence-corrected chi connectivity index (χ0v) is 14.1. The Hall–Kier alpha value is -2.09. The van der Waals surface area contributed by atoms with E-state index in [9.17, 15) is 0 Å². The summed E-state index contributed by atoms with van der Waals surface area (Å²) in [7, 11) is 0. The molecular weight excluding hydrogens is 282 g/mol. The van der Waals surface area contributed by atoms with Gasteiger partial charge < -0.3 is 4.90 Å². The zero-order valence-electron chi connectivity index (χ0n) is 14.1. The number of aryl methyl sites for hydroxylation is 4. The van der Waals surface area contributed by atoms with Gasteiger partial charge in [-0.05, 0) is 60.1 Å². The third-order valence-corrected chi connectivity index (χ3v) is 4.88. The van der Waals surface area contributed by atoms with Crippen LogP contribution in [0.3, 0.4) is 0 Å². The lowest BCUT2D eigenvalue weighted by molar-refractivity contribution is 0.485. The maximum atomic E-state index is 5.56. The maximum Gasteiger partial charge on any atom is 0.327 e. The van der Waals surface area contributed by atoms with Crippen molar-refractivity contribution in [2.45, 2.75) is 39.5 Å². The first kappa shape index (κ1) is 14.5. The monoisotopic (exact) mass is 306 g/mol. The molecule has 0 spiro atoms. The van der Waals surface area contributed by atoms with Gasteiger partial charge in [-0.25, -0.2) is 4.42 Å². The smallest absolute Gasteiger partial charge is 0.327 e. The molecule has 2 aliphatic heterocycles. The van der Waals surface area contributed by atoms with E-state index in [-0.39, 0.29) is 0 Å². The molecular formula is C21H24NO+. The van der Waals surface area contributed by atoms with E-state index < -0.39 is 0 Å². The molecule has 0 N–H and O–H groups in total. The predicted molar refractivity (Wildman–Crippen MR) is 96.8 cm³/mol. The van der Waals surface area contributed by atoms with E-state index in [0.717, 1.165) is 11.5 Å². The number of benzene rings is 1. The van der Waals surface area contributed by atoms with Gasteiger partial charge in [0, 0.05) is 30.9 Å². The first-order valence-corrected chi connectivity index (χ1v) is 8.69. The van der Waals surface area contributed by atoms with Gasteiger partial charge in [0.15, 0.2) is 0 Å². The van der Waals surface area contributed by atoms with Crippen LogP contribution in [0.4, 0.5) is 5.69 Å². The van der Waals surface area contributed by atoms with Crippen molar-refractivity contribution in [2.24, 2.45) is 0 Å². The van der Waals surface area contributed by atoms with Crippen LogP contribution in [0.15, 0.2) is 28.7 Å². The van der Waals surface area contributed by atoms with Gasteiger partial charge in [0.25, 0.3) is 0 Å². The second-order valence-electron chi connectivity index (χ2n) is 6.83. The lowest BCUT2D eigenvalue weighted by atomic mass is 9.90. The molecule has 1 aromatic carbocycles. The molecule has 2 aromatic rings. The summed E-state index contributed by atoms with van der Waals surface area (Å²) < 4.78 is 5.56. The standard InChI is InChI=1S/C21H24NO/c1-15-11-17(12-16(2)23-15)7-8-18-13-19-5-3-9-22-10-4-6-20(14-18)21(19)22/h7-8,11-14H,3-6,9-10H2,1-2H3/q+1/b8-7+. The van der Waals surface area contributed by atoms with Crippen LogP contribution in [-0.4, -0.2) is 13.1 Å². The van der Waals surface area contributed by atoms with Crippen LogP contribution in [0.1, 0.15) is 46.6 Å². The molecule has 0 saturated carbocycles. The van der Waals surface area contributed by atoms with Gasteiger partial charge >= 0.3 is 11.5 Å². The summed E-state index contributed by atoms with van der Waals surface area (Å²) in [6.07, 6.45) is 9.48. The maximum absolute atomic E-state index is 5.56. The Balaban J connectivity index is 1.68. The Kier molecular flexibility index (Phi) is 3.68. The summed E-state index contributed by atoms with van der Waals surface area (Å²) in [5.41, 5.74) is 7.18. The molecule has 0 bridgehead atoms. The molecule has 23 heavy (non-hydrogen) atoms. The number of rotatable bonds is 2. The quantitative estimate of drug-likeness (QED) is 0.721. The molecule has 2 heteroatoms. The van der Waals surface area contributed by atoms with E-state index in [4.69, 9.17) is 4.42 Å². The second-order valence-corrected chi connectivity index (χ2v) is 6.83. The molecule has 2 nitrogen and oxygen atoms in total. The van der Waals surface area contributed by atoms with E-state index in [1.807, 2.05) is 13.8 Å². The van der Waals surface area contributed by atoms with E-state index >= 15 is 0 Å². The number of nitrogens with zero attached hydrogens (tertiary/aromatic N) is 1. The third-order valence-electron chi connectivity index (χ3n) is 4.88. The summed E-state index contributed by atoms with van der Waals surface area (Å²) in [5, 5.41) is 0. The van der Waals surface area contributed by atoms with Gasteiger partial charge in [-0.1, -0.05) is 12.2 Å². The highest BCUT2D eigenvalue weighted by molar-refractivity contribution is 5.74. The lowest BCUT2D eigenvalue weighted by Crippen LogP contribution is -2.34. The molecule has 0 radical (unpaired) electrons. The number of anilines is 1. The molecule has 0 aliphatic carbocycles. The average Bonchev–Trinajstić information content (AvgIpc) is 2.53. The van der Waals surface area contributed by atoms with Crippen LogP contribution in [0, 0.1) is 13.8 Å². The second kappa shape index (κ2) is 5.84. The lowest BCUT2D eigenvalue weighted by Gasteiger charge is -2.37. The molecule has 118 valence electrons. The van der Waals surface area contributed by atoms with Gasteiger partial charge in [0.05, 0.1) is 13.8 Å². The van der Waals surface area contributed by atoms with E-state index in [2.05, 4.69) is 41.3 Å². The topological polar surface area (TPSA) is 14.5 Å². The molecule has 0 atom stereocenters. The minimum absolute atomic E-state index is 0.959. The van der Waals surface area contributed by atoms with Crippen LogP contribution in [0.5, 0.6) is 0 Å². The Labute approximate surface area is 138 Å². The minimum Gasteiger partial charge on any atom is -0.371 e. The highest BCUT2D eigenvalue weighted by Crippen LogP contribution is 2.36. The molecule has 0 amide bonds. The highest BCUT2D eigenvalue weighted by Gasteiger charge is 2.23. The zero-order chi connectivity index (χ0) is 15.8. The molecule has 2 aliphatic rings. The fourth-order valence-electron chi connectivity index (χ4n) is 4.04. The van der Waals surface area contributed by atoms with Crippen molar-refractivity contribution >= 4 is 17.8 Å². The molecule has 0 saturated heterocycles. The molecule has 1 aromatic heterocycles. The van der Waals surface area contributed by atoms with Crippen molar-refractivity contribution in [3.05, 3.63) is 58.0 Å². The fourth-order valence-corrected chi connectivity index (χ4v) is 4.04. The Morgan fingerprint density at radius 1 is 0.826 bits per heavy atom. The summed E-state index contributed by atoms with van der Waals surface area (Å²) >= 11 is 0. The van der Waals surface area contributed by atoms with Gasteiger partial charge in [0.2, 0.25) is 0 Å². The molecule has 0 fully saturated rings. The summed E-state index contributed by atoms with van der Waals surface area (Å²) in [6, 6.07) is 8.96. The largest absolute Gasteiger partial charge is 0.371 e. The third kappa shape index (κ3) is 2.90. The number of hydrogen-bond donors (Lipinski definition) is 0. The SMILES string of the molecule is Cc1cc(/C=C/c2cc3c4c(c2)CCCN4CCC3)cc(C)[o+]1. The molecule has 0 unspecified atom stereocenters. The minimum atomic E-state index is 0.959.